The Labute approximate surface area is 174 Å². The fourth-order valence-corrected chi connectivity index (χ4v) is 4.04. The summed E-state index contributed by atoms with van der Waals surface area (Å²) in [6, 6.07) is 13.3. The Morgan fingerprint density at radius 1 is 0.967 bits per heavy atom. The first kappa shape index (κ1) is 19.8. The van der Waals surface area contributed by atoms with Crippen molar-refractivity contribution in [1.82, 2.24) is 4.98 Å². The molecule has 1 N–H and O–H groups in total. The molecule has 152 valence electrons. The molecule has 3 aromatic rings. The van der Waals surface area contributed by atoms with Crippen LogP contribution in [0.3, 0.4) is 0 Å². The molecule has 1 aliphatic rings. The zero-order valence-electron chi connectivity index (χ0n) is 16.4. The molecule has 8 heteroatoms. The molecule has 2 aromatic carbocycles. The van der Waals surface area contributed by atoms with E-state index in [1.165, 1.54) is 6.92 Å². The molecule has 0 saturated heterocycles. The van der Waals surface area contributed by atoms with Crippen molar-refractivity contribution >= 4 is 33.2 Å². The van der Waals surface area contributed by atoms with Crippen LogP contribution in [0.4, 0.5) is 11.4 Å². The van der Waals surface area contributed by atoms with Gasteiger partial charge < -0.3 is 0 Å². The molecule has 0 atom stereocenters. The van der Waals surface area contributed by atoms with Crippen LogP contribution in [0.25, 0.3) is 11.1 Å². The number of hydrogen-bond donors (Lipinski definition) is 1. The second-order valence-corrected chi connectivity index (χ2v) is 8.93. The molecule has 1 aliphatic heterocycles. The van der Waals surface area contributed by atoms with E-state index in [2.05, 4.69) is 9.71 Å². The SMILES string of the molecule is CCS(=O)(=O)Nc1ccc(-c2cnccc2C)cc1N1C(=O)c2ccccc2C1=O. The molecule has 0 bridgehead atoms. The smallest absolute Gasteiger partial charge is 0.266 e. The summed E-state index contributed by atoms with van der Waals surface area (Å²) >= 11 is 0. The second kappa shape index (κ2) is 7.38. The van der Waals surface area contributed by atoms with Gasteiger partial charge in [0.1, 0.15) is 0 Å². The minimum absolute atomic E-state index is 0.141. The number of amides is 2. The van der Waals surface area contributed by atoms with E-state index in [9.17, 15) is 18.0 Å². The largest absolute Gasteiger partial charge is 0.281 e. The predicted octanol–water partition coefficient (Wildman–Crippen LogP) is 3.62. The summed E-state index contributed by atoms with van der Waals surface area (Å²) < 4.78 is 26.9. The Bertz CT molecular complexity index is 1250. The Hall–Kier alpha value is -3.52. The highest BCUT2D eigenvalue weighted by atomic mass is 32.2. The number of anilines is 2. The van der Waals surface area contributed by atoms with Crippen LogP contribution in [0, 0.1) is 6.92 Å². The number of benzene rings is 2. The summed E-state index contributed by atoms with van der Waals surface area (Å²) in [5.74, 6) is -1.13. The molecule has 2 heterocycles. The lowest BCUT2D eigenvalue weighted by Gasteiger charge is -2.20. The quantitative estimate of drug-likeness (QED) is 0.635. The molecule has 7 nitrogen and oxygen atoms in total. The molecule has 0 fully saturated rings. The first-order valence-electron chi connectivity index (χ1n) is 9.35. The van der Waals surface area contributed by atoms with Crippen LogP contribution in [0.2, 0.25) is 0 Å². The Morgan fingerprint density at radius 2 is 1.63 bits per heavy atom. The monoisotopic (exact) mass is 421 g/mol. The van der Waals surface area contributed by atoms with E-state index in [1.807, 2.05) is 13.0 Å². The summed E-state index contributed by atoms with van der Waals surface area (Å²) in [7, 11) is -3.62. The summed E-state index contributed by atoms with van der Waals surface area (Å²) in [6.45, 7) is 3.43. The number of sulfonamides is 1. The molecule has 0 aliphatic carbocycles. The van der Waals surface area contributed by atoms with Gasteiger partial charge in [0.25, 0.3) is 11.8 Å². The van der Waals surface area contributed by atoms with E-state index in [0.717, 1.165) is 16.0 Å². The molecule has 30 heavy (non-hydrogen) atoms. The lowest BCUT2D eigenvalue weighted by Crippen LogP contribution is -2.30. The van der Waals surface area contributed by atoms with Gasteiger partial charge in [-0.1, -0.05) is 18.2 Å². The van der Waals surface area contributed by atoms with Gasteiger partial charge in [-0.3, -0.25) is 19.3 Å². The fourth-order valence-electron chi connectivity index (χ4n) is 3.38. The van der Waals surface area contributed by atoms with Crippen molar-refractivity contribution in [3.63, 3.8) is 0 Å². The van der Waals surface area contributed by atoms with Gasteiger partial charge >= 0.3 is 0 Å². The Morgan fingerprint density at radius 3 is 2.23 bits per heavy atom. The van der Waals surface area contributed by atoms with Crippen LogP contribution >= 0.6 is 0 Å². The average Bonchev–Trinajstić information content (AvgIpc) is 2.99. The van der Waals surface area contributed by atoms with Gasteiger partial charge in [0.2, 0.25) is 10.0 Å². The number of rotatable bonds is 5. The molecule has 0 spiro atoms. The zero-order valence-corrected chi connectivity index (χ0v) is 17.2. The van der Waals surface area contributed by atoms with E-state index in [1.54, 1.807) is 54.9 Å². The highest BCUT2D eigenvalue weighted by molar-refractivity contribution is 7.92. The van der Waals surface area contributed by atoms with Crippen molar-refractivity contribution in [2.24, 2.45) is 0 Å². The number of hydrogen-bond acceptors (Lipinski definition) is 5. The normalized spacial score (nSPS) is 13.5. The molecule has 0 unspecified atom stereocenters. The topological polar surface area (TPSA) is 96.4 Å². The van der Waals surface area contributed by atoms with E-state index in [0.29, 0.717) is 5.56 Å². The summed E-state index contributed by atoms with van der Waals surface area (Å²) in [4.78, 5) is 31.2. The third kappa shape index (κ3) is 3.35. The summed E-state index contributed by atoms with van der Waals surface area (Å²) in [5.41, 5.74) is 3.41. The van der Waals surface area contributed by atoms with E-state index < -0.39 is 21.8 Å². The molecular formula is C22H19N3O4S. The minimum Gasteiger partial charge on any atom is -0.281 e. The number of fused-ring (bicyclic) bond motifs is 1. The van der Waals surface area contributed by atoms with E-state index in [-0.39, 0.29) is 28.3 Å². The number of pyridine rings is 1. The van der Waals surface area contributed by atoms with Crippen molar-refractivity contribution in [1.29, 1.82) is 0 Å². The Balaban J connectivity index is 1.90. The first-order valence-corrected chi connectivity index (χ1v) is 11.0. The van der Waals surface area contributed by atoms with Crippen molar-refractivity contribution < 1.29 is 18.0 Å². The lowest BCUT2D eigenvalue weighted by atomic mass is 10.0. The van der Waals surface area contributed by atoms with Crippen LogP contribution < -0.4 is 9.62 Å². The maximum Gasteiger partial charge on any atom is 0.266 e. The van der Waals surface area contributed by atoms with Crippen molar-refractivity contribution in [2.45, 2.75) is 13.8 Å². The third-order valence-electron chi connectivity index (χ3n) is 5.03. The zero-order chi connectivity index (χ0) is 21.5. The molecule has 0 saturated carbocycles. The number of carbonyl (C=O) groups is 2. The number of nitrogens with one attached hydrogen (secondary N) is 1. The number of imide groups is 1. The molecule has 1 aromatic heterocycles. The van der Waals surface area contributed by atoms with Crippen LogP contribution in [0.15, 0.2) is 60.9 Å². The lowest BCUT2D eigenvalue weighted by molar-refractivity contribution is 0.0926. The van der Waals surface area contributed by atoms with Crippen LogP contribution in [-0.4, -0.2) is 31.0 Å². The molecule has 0 radical (unpaired) electrons. The highest BCUT2D eigenvalue weighted by Crippen LogP contribution is 2.37. The van der Waals surface area contributed by atoms with Crippen LogP contribution in [-0.2, 0) is 10.0 Å². The van der Waals surface area contributed by atoms with Crippen molar-refractivity contribution in [3.05, 3.63) is 77.6 Å². The van der Waals surface area contributed by atoms with Gasteiger partial charge in [-0.15, -0.1) is 0 Å². The summed E-state index contributed by atoms with van der Waals surface area (Å²) in [6.07, 6.45) is 3.36. The van der Waals surface area contributed by atoms with Gasteiger partial charge in [0, 0.05) is 18.0 Å². The predicted molar refractivity (Wildman–Crippen MR) is 115 cm³/mol. The van der Waals surface area contributed by atoms with Crippen molar-refractivity contribution in [3.8, 4) is 11.1 Å². The van der Waals surface area contributed by atoms with E-state index in [4.69, 9.17) is 0 Å². The highest BCUT2D eigenvalue weighted by Gasteiger charge is 2.38. The molecule has 2 amide bonds. The van der Waals surface area contributed by atoms with E-state index >= 15 is 0 Å². The Kier molecular flexibility index (Phi) is 4.87. The number of aromatic nitrogens is 1. The standard InChI is InChI=1S/C22H19N3O4S/c1-3-30(28,29)24-19-9-8-15(18-13-23-11-10-14(18)2)12-20(19)25-21(26)16-6-4-5-7-17(16)22(25)27/h4-13,24H,3H2,1-2H3. The van der Waals surface area contributed by atoms with Gasteiger partial charge in [-0.05, 0) is 55.3 Å². The first-order chi connectivity index (χ1) is 14.3. The fraction of sp³-hybridized carbons (Fsp3) is 0.136. The third-order valence-corrected chi connectivity index (χ3v) is 6.32. The number of nitrogens with zero attached hydrogens (tertiary/aromatic N) is 2. The van der Waals surface area contributed by atoms with Crippen molar-refractivity contribution in [2.75, 3.05) is 15.4 Å². The van der Waals surface area contributed by atoms with Gasteiger partial charge in [0.05, 0.1) is 28.3 Å². The van der Waals surface area contributed by atoms with Gasteiger partial charge in [-0.25, -0.2) is 13.3 Å². The maximum atomic E-state index is 13.0. The number of aryl methyl sites for hydroxylation is 1. The minimum atomic E-state index is -3.62. The van der Waals surface area contributed by atoms with Crippen LogP contribution in [0.5, 0.6) is 0 Å². The number of carbonyl (C=O) groups excluding carboxylic acids is 2. The molecule has 4 rings (SSSR count). The molecular weight excluding hydrogens is 402 g/mol. The van der Waals surface area contributed by atoms with Gasteiger partial charge in [0.15, 0.2) is 0 Å². The second-order valence-electron chi connectivity index (χ2n) is 6.92. The summed E-state index contributed by atoms with van der Waals surface area (Å²) in [5, 5.41) is 0. The van der Waals surface area contributed by atoms with Crippen LogP contribution in [0.1, 0.15) is 33.2 Å². The van der Waals surface area contributed by atoms with Gasteiger partial charge in [-0.2, -0.15) is 0 Å². The maximum absolute atomic E-state index is 13.0. The average molecular weight is 421 g/mol.